The standard InChI is InChI=1S/C10H15.CH3O.Sn/c1-7-2-9-4-8(1)5-10(3-7)6-9;1-2;/h1,7-10H,2-6H2;1H3;/q;-1;+1. The molecule has 2 radical (unpaired) electrons. The summed E-state index contributed by atoms with van der Waals surface area (Å²) in [5.74, 6) is 4.50. The van der Waals surface area contributed by atoms with E-state index in [4.69, 9.17) is 3.07 Å². The Morgan fingerprint density at radius 3 is 1.92 bits per heavy atom. The second kappa shape index (κ2) is 3.41. The molecule has 4 aliphatic carbocycles. The molecule has 4 rings (SSSR count). The summed E-state index contributed by atoms with van der Waals surface area (Å²) < 4.78 is 6.64. The Kier molecular flexibility index (Phi) is 2.36. The molecule has 72 valence electrons. The van der Waals surface area contributed by atoms with Gasteiger partial charge in [-0.2, -0.15) is 0 Å². The Morgan fingerprint density at radius 1 is 0.923 bits per heavy atom. The molecule has 4 saturated carbocycles. The van der Waals surface area contributed by atoms with Crippen LogP contribution in [0.2, 0.25) is 3.93 Å². The van der Waals surface area contributed by atoms with Crippen LogP contribution in [-0.2, 0) is 3.07 Å². The Bertz CT molecular complexity index is 176. The van der Waals surface area contributed by atoms with Gasteiger partial charge in [0.05, 0.1) is 0 Å². The SMILES string of the molecule is C[O][Sn][CH]1C2CC3CC(C2)CC1C3. The molecule has 4 aliphatic rings. The molecule has 0 aliphatic heterocycles. The predicted molar refractivity (Wildman–Crippen MR) is 53.6 cm³/mol. The molecule has 0 N–H and O–H groups in total. The van der Waals surface area contributed by atoms with E-state index in [-0.39, 0.29) is 0 Å². The molecule has 0 aromatic rings. The van der Waals surface area contributed by atoms with Crippen LogP contribution in [0.15, 0.2) is 0 Å². The van der Waals surface area contributed by atoms with Gasteiger partial charge in [-0.3, -0.25) is 0 Å². The van der Waals surface area contributed by atoms with E-state index in [1.807, 2.05) is 7.11 Å². The zero-order valence-corrected chi connectivity index (χ0v) is 11.2. The van der Waals surface area contributed by atoms with Gasteiger partial charge < -0.3 is 0 Å². The third-order valence-corrected chi connectivity index (χ3v) is 8.62. The normalized spacial score (nSPS) is 52.8. The molecule has 0 amide bonds. The molecule has 4 fully saturated rings. The minimum atomic E-state index is -0.453. The first-order chi connectivity index (χ1) is 6.36. The summed E-state index contributed by atoms with van der Waals surface area (Å²) >= 11 is -0.453. The van der Waals surface area contributed by atoms with Crippen LogP contribution in [0.25, 0.3) is 0 Å². The molecule has 0 aromatic carbocycles. The fourth-order valence-corrected chi connectivity index (χ4v) is 7.68. The number of hydrogen-bond acceptors (Lipinski definition) is 1. The van der Waals surface area contributed by atoms with E-state index in [1.54, 1.807) is 32.1 Å². The van der Waals surface area contributed by atoms with Crippen LogP contribution in [-0.4, -0.2) is 28.7 Å². The number of rotatable bonds is 2. The van der Waals surface area contributed by atoms with Gasteiger partial charge in [-0.1, -0.05) is 0 Å². The van der Waals surface area contributed by atoms with Crippen LogP contribution in [0.1, 0.15) is 32.1 Å². The van der Waals surface area contributed by atoms with Crippen molar-refractivity contribution in [3.05, 3.63) is 0 Å². The van der Waals surface area contributed by atoms with Crippen LogP contribution < -0.4 is 0 Å². The molecule has 0 saturated heterocycles. The zero-order valence-electron chi connectivity index (χ0n) is 8.33. The third kappa shape index (κ3) is 1.46. The van der Waals surface area contributed by atoms with E-state index in [0.29, 0.717) is 0 Å². The molecule has 0 atom stereocenters. The summed E-state index contributed by atoms with van der Waals surface area (Å²) in [7, 11) is 1.94. The van der Waals surface area contributed by atoms with E-state index in [2.05, 4.69) is 0 Å². The molecule has 0 aromatic heterocycles. The summed E-state index contributed by atoms with van der Waals surface area (Å²) in [6, 6.07) is 0. The van der Waals surface area contributed by atoms with E-state index in [1.165, 1.54) is 0 Å². The molecule has 0 heterocycles. The van der Waals surface area contributed by atoms with Crippen molar-refractivity contribution in [2.24, 2.45) is 23.7 Å². The van der Waals surface area contributed by atoms with Crippen LogP contribution in [0.5, 0.6) is 0 Å². The van der Waals surface area contributed by atoms with Gasteiger partial charge in [-0.15, -0.1) is 0 Å². The second-order valence-corrected chi connectivity index (χ2v) is 9.02. The van der Waals surface area contributed by atoms with E-state index in [9.17, 15) is 0 Å². The van der Waals surface area contributed by atoms with Crippen molar-refractivity contribution in [2.45, 2.75) is 36.0 Å². The van der Waals surface area contributed by atoms with E-state index < -0.39 is 21.6 Å². The van der Waals surface area contributed by atoms with Gasteiger partial charge in [0.25, 0.3) is 0 Å². The van der Waals surface area contributed by atoms with Crippen LogP contribution in [0, 0.1) is 23.7 Å². The van der Waals surface area contributed by atoms with Crippen molar-refractivity contribution in [1.29, 1.82) is 0 Å². The summed E-state index contributed by atoms with van der Waals surface area (Å²) in [6.45, 7) is 0. The Hall–Kier alpha value is 0.759. The van der Waals surface area contributed by atoms with Crippen molar-refractivity contribution in [3.8, 4) is 0 Å². The van der Waals surface area contributed by atoms with Crippen molar-refractivity contribution < 1.29 is 3.07 Å². The maximum absolute atomic E-state index is 5.54. The van der Waals surface area contributed by atoms with E-state index in [0.717, 1.165) is 27.6 Å². The van der Waals surface area contributed by atoms with E-state index >= 15 is 0 Å². The second-order valence-electron chi connectivity index (χ2n) is 5.28. The van der Waals surface area contributed by atoms with Gasteiger partial charge in [0, 0.05) is 0 Å². The maximum atomic E-state index is 5.54. The topological polar surface area (TPSA) is 9.23 Å². The monoisotopic (exact) mass is 286 g/mol. The minimum absolute atomic E-state index is 0.453. The molecule has 0 unspecified atom stereocenters. The fourth-order valence-electron chi connectivity index (χ4n) is 4.25. The first-order valence-electron chi connectivity index (χ1n) is 5.65. The molecule has 4 bridgehead atoms. The molecule has 1 nitrogen and oxygen atoms in total. The summed E-state index contributed by atoms with van der Waals surface area (Å²) in [4.78, 5) is 0. The van der Waals surface area contributed by atoms with Crippen LogP contribution in [0.4, 0.5) is 0 Å². The van der Waals surface area contributed by atoms with Crippen molar-refractivity contribution in [3.63, 3.8) is 0 Å². The zero-order chi connectivity index (χ0) is 8.84. The average molecular weight is 285 g/mol. The first-order valence-corrected chi connectivity index (χ1v) is 8.46. The Labute approximate surface area is 91.4 Å². The number of hydrogen-bond donors (Lipinski definition) is 0. The molecular weight excluding hydrogens is 267 g/mol. The van der Waals surface area contributed by atoms with Gasteiger partial charge in [0.2, 0.25) is 0 Å². The summed E-state index contributed by atoms with van der Waals surface area (Å²) in [6.07, 6.45) is 7.87. The van der Waals surface area contributed by atoms with Gasteiger partial charge >= 0.3 is 91.4 Å². The average Bonchev–Trinajstić information content (AvgIpc) is 2.10. The Morgan fingerprint density at radius 2 is 1.46 bits per heavy atom. The molecule has 0 spiro atoms. The third-order valence-electron chi connectivity index (χ3n) is 4.48. The molecular formula is C11H18OSn. The van der Waals surface area contributed by atoms with Gasteiger partial charge in [-0.25, -0.2) is 0 Å². The quantitative estimate of drug-likeness (QED) is 0.708. The van der Waals surface area contributed by atoms with Crippen LogP contribution in [0.3, 0.4) is 0 Å². The fraction of sp³-hybridized carbons (Fsp3) is 1.00. The van der Waals surface area contributed by atoms with Gasteiger partial charge in [0.1, 0.15) is 0 Å². The molecule has 13 heavy (non-hydrogen) atoms. The van der Waals surface area contributed by atoms with Gasteiger partial charge in [0.15, 0.2) is 0 Å². The van der Waals surface area contributed by atoms with Crippen molar-refractivity contribution in [2.75, 3.05) is 7.11 Å². The van der Waals surface area contributed by atoms with Crippen molar-refractivity contribution >= 4 is 21.6 Å². The predicted octanol–water partition coefficient (Wildman–Crippen LogP) is 2.50. The molecule has 2 heteroatoms. The first kappa shape index (κ1) is 9.02. The summed E-state index contributed by atoms with van der Waals surface area (Å²) in [5.41, 5.74) is 0. The van der Waals surface area contributed by atoms with Crippen molar-refractivity contribution in [1.82, 2.24) is 0 Å². The van der Waals surface area contributed by atoms with Gasteiger partial charge in [-0.05, 0) is 0 Å². The van der Waals surface area contributed by atoms with Crippen LogP contribution >= 0.6 is 0 Å². The Balaban J connectivity index is 1.77. The summed E-state index contributed by atoms with van der Waals surface area (Å²) in [5, 5.41) is 0.